The van der Waals surface area contributed by atoms with Gasteiger partial charge in [-0.3, -0.25) is 4.79 Å². The summed E-state index contributed by atoms with van der Waals surface area (Å²) in [6.07, 6.45) is 0.592. The zero-order valence-corrected chi connectivity index (χ0v) is 12.3. The molecule has 1 unspecified atom stereocenters. The van der Waals surface area contributed by atoms with Crippen molar-refractivity contribution in [2.24, 2.45) is 5.41 Å². The van der Waals surface area contributed by atoms with Crippen molar-refractivity contribution in [1.82, 2.24) is 10.6 Å². The van der Waals surface area contributed by atoms with E-state index >= 15 is 0 Å². The molecule has 1 atom stereocenters. The lowest BCUT2D eigenvalue weighted by Gasteiger charge is -2.28. The summed E-state index contributed by atoms with van der Waals surface area (Å²) in [5.41, 5.74) is 1.32. The molecule has 0 radical (unpaired) electrons. The third kappa shape index (κ3) is 4.62. The molecule has 2 N–H and O–H groups in total. The lowest BCUT2D eigenvalue weighted by atomic mass is 9.85. The summed E-state index contributed by atoms with van der Waals surface area (Å²) in [7, 11) is 0. The van der Waals surface area contributed by atoms with Crippen molar-refractivity contribution in [3.05, 3.63) is 35.9 Å². The molecule has 0 aromatic heterocycles. The number of rotatable bonds is 5. The molecule has 110 valence electrons. The zero-order chi connectivity index (χ0) is 14.4. The van der Waals surface area contributed by atoms with Gasteiger partial charge in [-0.25, -0.2) is 0 Å². The summed E-state index contributed by atoms with van der Waals surface area (Å²) >= 11 is 0. The number of carbonyl (C=O) groups excluding carboxylic acids is 1. The molecule has 1 heterocycles. The van der Waals surface area contributed by atoms with Crippen LogP contribution < -0.4 is 10.6 Å². The molecule has 1 aliphatic heterocycles. The zero-order valence-electron chi connectivity index (χ0n) is 12.3. The quantitative estimate of drug-likeness (QED) is 0.854. The van der Waals surface area contributed by atoms with Crippen LogP contribution in [0.5, 0.6) is 0 Å². The smallest absolute Gasteiger partial charge is 0.250 e. The molecule has 1 aliphatic rings. The van der Waals surface area contributed by atoms with E-state index in [0.717, 1.165) is 13.0 Å². The van der Waals surface area contributed by atoms with Crippen LogP contribution >= 0.6 is 0 Å². The van der Waals surface area contributed by atoms with Crippen LogP contribution in [-0.4, -0.2) is 38.3 Å². The Labute approximate surface area is 120 Å². The lowest BCUT2D eigenvalue weighted by Crippen LogP contribution is -2.49. The van der Waals surface area contributed by atoms with Crippen LogP contribution in [-0.2, 0) is 16.0 Å². The predicted octanol–water partition coefficient (Wildman–Crippen LogP) is 1.36. The Balaban J connectivity index is 1.80. The molecule has 0 aliphatic carbocycles. The Bertz CT molecular complexity index is 425. The molecule has 1 saturated heterocycles. The van der Waals surface area contributed by atoms with Gasteiger partial charge in [-0.05, 0) is 17.4 Å². The van der Waals surface area contributed by atoms with Gasteiger partial charge >= 0.3 is 0 Å². The Morgan fingerprint density at radius 1 is 1.40 bits per heavy atom. The number of hydrogen-bond acceptors (Lipinski definition) is 3. The van der Waals surface area contributed by atoms with E-state index in [2.05, 4.69) is 36.6 Å². The molecule has 0 spiro atoms. The number of hydrogen-bond donors (Lipinski definition) is 2. The maximum Gasteiger partial charge on any atom is 0.250 e. The average molecular weight is 276 g/mol. The van der Waals surface area contributed by atoms with Gasteiger partial charge in [0.25, 0.3) is 0 Å². The minimum atomic E-state index is -0.351. The largest absolute Gasteiger partial charge is 0.366 e. The third-order valence-corrected chi connectivity index (χ3v) is 3.49. The first-order valence-electron chi connectivity index (χ1n) is 7.21. The van der Waals surface area contributed by atoms with Crippen molar-refractivity contribution in [3.8, 4) is 0 Å². The second-order valence-electron chi connectivity index (χ2n) is 6.11. The highest BCUT2D eigenvalue weighted by molar-refractivity contribution is 5.81. The number of benzene rings is 1. The fourth-order valence-corrected chi connectivity index (χ4v) is 2.38. The topological polar surface area (TPSA) is 50.4 Å². The normalized spacial score (nSPS) is 19.6. The summed E-state index contributed by atoms with van der Waals surface area (Å²) < 4.78 is 5.45. The summed E-state index contributed by atoms with van der Waals surface area (Å²) in [6.45, 7) is 7.01. The van der Waals surface area contributed by atoms with Crippen molar-refractivity contribution in [1.29, 1.82) is 0 Å². The van der Waals surface area contributed by atoms with Gasteiger partial charge in [0.1, 0.15) is 6.10 Å². The molecule has 20 heavy (non-hydrogen) atoms. The standard InChI is InChI=1S/C16H24N2O2/c1-16(2,10-13-6-4-3-5-7-13)12-18-15(19)14-11-17-8-9-20-14/h3-7,14,17H,8-12H2,1-2H3,(H,18,19). The van der Waals surface area contributed by atoms with Gasteiger partial charge in [0.15, 0.2) is 0 Å². The minimum Gasteiger partial charge on any atom is -0.366 e. The maximum atomic E-state index is 12.0. The summed E-state index contributed by atoms with van der Waals surface area (Å²) in [4.78, 5) is 12.0. The van der Waals surface area contributed by atoms with Gasteiger partial charge in [0.05, 0.1) is 6.61 Å². The molecule has 1 amide bonds. The van der Waals surface area contributed by atoms with Gasteiger partial charge in [-0.15, -0.1) is 0 Å². The van der Waals surface area contributed by atoms with Crippen LogP contribution in [0.15, 0.2) is 30.3 Å². The van der Waals surface area contributed by atoms with Crippen molar-refractivity contribution >= 4 is 5.91 Å². The Morgan fingerprint density at radius 2 is 2.15 bits per heavy atom. The Morgan fingerprint density at radius 3 is 2.80 bits per heavy atom. The van der Waals surface area contributed by atoms with Crippen LogP contribution in [0.25, 0.3) is 0 Å². The highest BCUT2D eigenvalue weighted by Gasteiger charge is 2.25. The van der Waals surface area contributed by atoms with Gasteiger partial charge in [0.2, 0.25) is 5.91 Å². The molecule has 2 rings (SSSR count). The first kappa shape index (κ1) is 15.0. The van der Waals surface area contributed by atoms with E-state index in [4.69, 9.17) is 4.74 Å². The van der Waals surface area contributed by atoms with Gasteiger partial charge < -0.3 is 15.4 Å². The first-order chi connectivity index (χ1) is 9.57. The van der Waals surface area contributed by atoms with E-state index in [-0.39, 0.29) is 17.4 Å². The Kier molecular flexibility index (Phi) is 5.15. The average Bonchev–Trinajstić information content (AvgIpc) is 2.46. The number of nitrogens with one attached hydrogen (secondary N) is 2. The van der Waals surface area contributed by atoms with Crippen LogP contribution in [0.4, 0.5) is 0 Å². The molecular formula is C16H24N2O2. The van der Waals surface area contributed by atoms with Crippen LogP contribution in [0.1, 0.15) is 19.4 Å². The lowest BCUT2D eigenvalue weighted by molar-refractivity contribution is -0.134. The van der Waals surface area contributed by atoms with E-state index in [1.165, 1.54) is 5.56 Å². The Hall–Kier alpha value is -1.39. The monoisotopic (exact) mass is 276 g/mol. The molecule has 1 fully saturated rings. The number of ether oxygens (including phenoxy) is 1. The van der Waals surface area contributed by atoms with Gasteiger partial charge in [-0.1, -0.05) is 44.2 Å². The summed E-state index contributed by atoms with van der Waals surface area (Å²) in [5.74, 6) is -0.0154. The predicted molar refractivity (Wildman–Crippen MR) is 79.5 cm³/mol. The van der Waals surface area contributed by atoms with Gasteiger partial charge in [-0.2, -0.15) is 0 Å². The highest BCUT2D eigenvalue weighted by Crippen LogP contribution is 2.20. The third-order valence-electron chi connectivity index (χ3n) is 3.49. The number of carbonyl (C=O) groups is 1. The fraction of sp³-hybridized carbons (Fsp3) is 0.562. The van der Waals surface area contributed by atoms with E-state index in [0.29, 0.717) is 19.7 Å². The molecule has 4 nitrogen and oxygen atoms in total. The summed E-state index contributed by atoms with van der Waals surface area (Å²) in [5, 5.41) is 6.18. The molecule has 1 aromatic rings. The molecule has 0 bridgehead atoms. The van der Waals surface area contributed by atoms with Crippen molar-refractivity contribution in [2.45, 2.75) is 26.4 Å². The van der Waals surface area contributed by atoms with Crippen LogP contribution in [0, 0.1) is 5.41 Å². The van der Waals surface area contributed by atoms with E-state index in [1.54, 1.807) is 0 Å². The molecule has 0 saturated carbocycles. The summed E-state index contributed by atoms with van der Waals surface area (Å²) in [6, 6.07) is 10.4. The van der Waals surface area contributed by atoms with E-state index < -0.39 is 0 Å². The number of amides is 1. The van der Waals surface area contributed by atoms with Crippen LogP contribution in [0.2, 0.25) is 0 Å². The molecule has 1 aromatic carbocycles. The van der Waals surface area contributed by atoms with Crippen molar-refractivity contribution in [2.75, 3.05) is 26.2 Å². The van der Waals surface area contributed by atoms with Crippen molar-refractivity contribution < 1.29 is 9.53 Å². The molecular weight excluding hydrogens is 252 g/mol. The highest BCUT2D eigenvalue weighted by atomic mass is 16.5. The van der Waals surface area contributed by atoms with Crippen molar-refractivity contribution in [3.63, 3.8) is 0 Å². The van der Waals surface area contributed by atoms with Crippen LogP contribution in [0.3, 0.4) is 0 Å². The first-order valence-corrected chi connectivity index (χ1v) is 7.21. The van der Waals surface area contributed by atoms with E-state index in [1.807, 2.05) is 18.2 Å². The van der Waals surface area contributed by atoms with Gasteiger partial charge in [0, 0.05) is 19.6 Å². The number of morpholine rings is 1. The minimum absolute atomic E-state index is 0.0154. The van der Waals surface area contributed by atoms with E-state index in [9.17, 15) is 4.79 Å². The maximum absolute atomic E-state index is 12.0. The second kappa shape index (κ2) is 6.86. The molecule has 4 heteroatoms. The SMILES string of the molecule is CC(C)(CNC(=O)C1CNCCO1)Cc1ccccc1. The fourth-order valence-electron chi connectivity index (χ4n) is 2.38. The second-order valence-corrected chi connectivity index (χ2v) is 6.11.